The summed E-state index contributed by atoms with van der Waals surface area (Å²) in [5.41, 5.74) is -2.94. The number of carbonyl (C=O) groups excluding carboxylic acids is 4. The number of thioether (sulfide) groups is 1. The van der Waals surface area contributed by atoms with Gasteiger partial charge in [0.2, 0.25) is 0 Å². The second-order valence-corrected chi connectivity index (χ2v) is 7.58. The van der Waals surface area contributed by atoms with E-state index in [1.807, 2.05) is 10.1 Å². The third kappa shape index (κ3) is 6.91. The normalized spacial score (nSPS) is 24.8. The summed E-state index contributed by atoms with van der Waals surface area (Å²) < 4.78 is 26.6. The monoisotopic (exact) mass is 475 g/mol. The number of rotatable bonds is 7. The molecule has 0 amide bonds. The summed E-state index contributed by atoms with van der Waals surface area (Å²) in [4.78, 5) is 71.7. The molecule has 0 radical (unpaired) electrons. The minimum absolute atomic E-state index is 0.259. The van der Waals surface area contributed by atoms with Gasteiger partial charge in [-0.2, -0.15) is 5.10 Å². The van der Waals surface area contributed by atoms with Gasteiger partial charge in [-0.25, -0.2) is 9.89 Å². The zero-order valence-electron chi connectivity index (χ0n) is 17.4. The van der Waals surface area contributed by atoms with Gasteiger partial charge in [0.25, 0.3) is 5.56 Å². The molecule has 2 N–H and O–H groups in total. The Labute approximate surface area is 184 Å². The number of aromatic nitrogens is 3. The Balaban J connectivity index is 2.49. The minimum Gasteiger partial charge on any atom is -0.463 e. The Bertz CT molecular complexity index is 990. The molecular formula is C17H21N3O11S. The second kappa shape index (κ2) is 10.9. The van der Waals surface area contributed by atoms with Crippen LogP contribution in [0.1, 0.15) is 27.7 Å². The fourth-order valence-corrected chi connectivity index (χ4v) is 3.83. The van der Waals surface area contributed by atoms with E-state index in [1.165, 1.54) is 0 Å². The number of hydrogen-bond acceptors (Lipinski definition) is 13. The predicted octanol–water partition coefficient (Wildman–Crippen LogP) is -1.37. The molecule has 2 heterocycles. The van der Waals surface area contributed by atoms with Gasteiger partial charge in [0.05, 0.1) is 0 Å². The van der Waals surface area contributed by atoms with Crippen molar-refractivity contribution in [3.8, 4) is 0 Å². The average Bonchev–Trinajstić information content (AvgIpc) is 2.65. The molecule has 1 aliphatic heterocycles. The minimum atomic E-state index is -1.38. The highest BCUT2D eigenvalue weighted by Crippen LogP contribution is 2.36. The van der Waals surface area contributed by atoms with Crippen LogP contribution in [0.4, 0.5) is 0 Å². The number of carbonyl (C=O) groups is 4. The van der Waals surface area contributed by atoms with E-state index >= 15 is 0 Å². The number of nitrogens with one attached hydrogen (secondary N) is 2. The summed E-state index contributed by atoms with van der Waals surface area (Å²) in [6, 6.07) is 0. The van der Waals surface area contributed by atoms with Gasteiger partial charge in [-0.05, 0) is 0 Å². The summed E-state index contributed by atoms with van der Waals surface area (Å²) in [6.45, 7) is 4.00. The van der Waals surface area contributed by atoms with Gasteiger partial charge >= 0.3 is 29.6 Å². The maximum atomic E-state index is 12.1. The van der Waals surface area contributed by atoms with Gasteiger partial charge in [0, 0.05) is 27.7 Å². The molecule has 14 nitrogen and oxygen atoms in total. The highest BCUT2D eigenvalue weighted by Gasteiger charge is 2.52. The van der Waals surface area contributed by atoms with E-state index in [0.29, 0.717) is 11.8 Å². The molecule has 0 spiro atoms. The highest BCUT2D eigenvalue weighted by atomic mass is 32.2. The Morgan fingerprint density at radius 3 is 2.00 bits per heavy atom. The Morgan fingerprint density at radius 2 is 1.47 bits per heavy atom. The summed E-state index contributed by atoms with van der Waals surface area (Å²) in [5, 5.41) is 5.41. The van der Waals surface area contributed by atoms with E-state index in [1.54, 1.807) is 0 Å². The van der Waals surface area contributed by atoms with Crippen LogP contribution in [0.25, 0.3) is 0 Å². The maximum Gasteiger partial charge on any atom is 0.342 e. The largest absolute Gasteiger partial charge is 0.463 e. The molecule has 1 aromatic heterocycles. The molecule has 2 rings (SSSR count). The van der Waals surface area contributed by atoms with Crippen molar-refractivity contribution in [1.82, 2.24) is 15.2 Å². The fraction of sp³-hybridized carbons (Fsp3) is 0.588. The lowest BCUT2D eigenvalue weighted by Crippen LogP contribution is -2.61. The van der Waals surface area contributed by atoms with Crippen LogP contribution >= 0.6 is 11.8 Å². The number of esters is 4. The Kier molecular flexibility index (Phi) is 8.54. The molecule has 1 fully saturated rings. The van der Waals surface area contributed by atoms with Crippen LogP contribution in [0, 0.1) is 0 Å². The molecule has 0 aliphatic carbocycles. The van der Waals surface area contributed by atoms with Gasteiger partial charge in [-0.1, -0.05) is 11.8 Å². The number of nitrogens with zero attached hydrogens (tertiary/aromatic N) is 1. The van der Waals surface area contributed by atoms with Crippen molar-refractivity contribution >= 4 is 35.6 Å². The fourth-order valence-electron chi connectivity index (χ4n) is 2.81. The predicted molar refractivity (Wildman–Crippen MR) is 103 cm³/mol. The van der Waals surface area contributed by atoms with Crippen molar-refractivity contribution in [2.45, 2.75) is 62.6 Å². The average molecular weight is 475 g/mol. The molecule has 1 saturated heterocycles. The van der Waals surface area contributed by atoms with Crippen LogP contribution in [0.2, 0.25) is 0 Å². The van der Waals surface area contributed by atoms with Crippen molar-refractivity contribution in [1.29, 1.82) is 0 Å². The van der Waals surface area contributed by atoms with Gasteiger partial charge < -0.3 is 23.7 Å². The zero-order valence-corrected chi connectivity index (χ0v) is 18.3. The third-order valence-corrected chi connectivity index (χ3v) is 4.97. The van der Waals surface area contributed by atoms with Crippen LogP contribution in [0.15, 0.2) is 14.6 Å². The lowest BCUT2D eigenvalue weighted by atomic mass is 9.99. The molecule has 0 aromatic carbocycles. The number of ether oxygens (including phenoxy) is 5. The van der Waals surface area contributed by atoms with Crippen molar-refractivity contribution in [3.05, 3.63) is 20.8 Å². The van der Waals surface area contributed by atoms with Gasteiger partial charge in [0.15, 0.2) is 28.8 Å². The standard InChI is InChI=1S/C17H21N3O11S/c1-6(21)27-5-10-11(28-7(2)22)12(29-8(3)23)13(30-9(4)24)16(31-10)32-15-14(25)18-17(26)20-19-15/h10-13,16H,5H2,1-4H3,(H2,18,20,25,26)/t10-,11-,12+,13+,16-/m1/s1. The number of aromatic amines is 2. The summed E-state index contributed by atoms with van der Waals surface area (Å²) in [5.74, 6) is -3.01. The molecular weight excluding hydrogens is 454 g/mol. The highest BCUT2D eigenvalue weighted by molar-refractivity contribution is 7.99. The number of H-pyrrole nitrogens is 2. The van der Waals surface area contributed by atoms with Crippen LogP contribution in [-0.4, -0.2) is 75.5 Å². The quantitative estimate of drug-likeness (QED) is 0.347. The van der Waals surface area contributed by atoms with E-state index < -0.39 is 71.6 Å². The maximum absolute atomic E-state index is 12.1. The molecule has 0 bridgehead atoms. The van der Waals surface area contributed by atoms with E-state index in [-0.39, 0.29) is 5.03 Å². The van der Waals surface area contributed by atoms with E-state index in [9.17, 15) is 28.8 Å². The number of hydrogen-bond donors (Lipinski definition) is 2. The van der Waals surface area contributed by atoms with E-state index in [2.05, 4.69) is 5.10 Å². The summed E-state index contributed by atoms with van der Waals surface area (Å²) >= 11 is 0.643. The van der Waals surface area contributed by atoms with Gasteiger partial charge in [-0.3, -0.25) is 29.0 Å². The lowest BCUT2D eigenvalue weighted by molar-refractivity contribution is -0.237. The van der Waals surface area contributed by atoms with Gasteiger partial charge in [-0.15, -0.1) is 0 Å². The summed E-state index contributed by atoms with van der Waals surface area (Å²) in [6.07, 6.45) is -5.24. The molecule has 0 unspecified atom stereocenters. The van der Waals surface area contributed by atoms with E-state index in [4.69, 9.17) is 23.7 Å². The Hall–Kier alpha value is -3.20. The molecule has 0 saturated carbocycles. The molecule has 32 heavy (non-hydrogen) atoms. The first-order chi connectivity index (χ1) is 15.0. The molecule has 1 aromatic rings. The SMILES string of the molecule is CC(=O)OC[C@H]1O[C@H](Sc2n[nH]c(=O)[nH]c2=O)[C@@H](OC(C)=O)[C@@H](OC(C)=O)[C@@H]1OC(C)=O. The molecule has 1 aliphatic rings. The third-order valence-electron chi connectivity index (χ3n) is 3.86. The lowest BCUT2D eigenvalue weighted by Gasteiger charge is -2.43. The Morgan fingerprint density at radius 1 is 0.906 bits per heavy atom. The molecule has 176 valence electrons. The van der Waals surface area contributed by atoms with Crippen molar-refractivity contribution in [2.75, 3.05) is 6.61 Å². The van der Waals surface area contributed by atoms with Crippen LogP contribution < -0.4 is 11.2 Å². The molecule has 15 heteroatoms. The summed E-state index contributed by atoms with van der Waals surface area (Å²) in [7, 11) is 0. The molecule has 5 atom stereocenters. The van der Waals surface area contributed by atoms with Crippen LogP contribution in [-0.2, 0) is 42.9 Å². The van der Waals surface area contributed by atoms with Crippen LogP contribution in [0.3, 0.4) is 0 Å². The van der Waals surface area contributed by atoms with Crippen LogP contribution in [0.5, 0.6) is 0 Å². The smallest absolute Gasteiger partial charge is 0.342 e. The first-order valence-corrected chi connectivity index (χ1v) is 10.0. The van der Waals surface area contributed by atoms with E-state index in [0.717, 1.165) is 27.7 Å². The second-order valence-electron chi connectivity index (χ2n) is 6.50. The first kappa shape index (κ1) is 25.1. The zero-order chi connectivity index (χ0) is 24.0. The van der Waals surface area contributed by atoms with Gasteiger partial charge in [0.1, 0.15) is 12.7 Å². The first-order valence-electron chi connectivity index (χ1n) is 9.14. The van der Waals surface area contributed by atoms with Crippen molar-refractivity contribution in [3.63, 3.8) is 0 Å². The van der Waals surface area contributed by atoms with Crippen molar-refractivity contribution < 1.29 is 42.9 Å². The van der Waals surface area contributed by atoms with Crippen molar-refractivity contribution in [2.24, 2.45) is 0 Å². The topological polar surface area (TPSA) is 193 Å².